The highest BCUT2D eigenvalue weighted by Gasteiger charge is 2.40. The van der Waals surface area contributed by atoms with E-state index in [4.69, 9.17) is 11.5 Å². The Balaban J connectivity index is 2.34. The van der Waals surface area contributed by atoms with E-state index in [0.29, 0.717) is 5.25 Å². The fourth-order valence-corrected chi connectivity index (χ4v) is 3.35. The number of hydrogen-bond donors (Lipinski definition) is 2. The monoisotopic (exact) mass is 230 g/mol. The van der Waals surface area contributed by atoms with Crippen molar-refractivity contribution in [2.24, 2.45) is 17.4 Å². The molecule has 3 atom stereocenters. The average Bonchev–Trinajstić information content (AvgIpc) is 2.58. The van der Waals surface area contributed by atoms with E-state index in [0.717, 1.165) is 30.9 Å². The minimum absolute atomic E-state index is 0.339. The van der Waals surface area contributed by atoms with Crippen molar-refractivity contribution in [3.05, 3.63) is 0 Å². The quantitative estimate of drug-likeness (QED) is 0.752. The molecule has 1 amide bonds. The van der Waals surface area contributed by atoms with Crippen LogP contribution in [0.4, 0.5) is 0 Å². The molecule has 88 valence electrons. The fraction of sp³-hybridized carbons (Fsp3) is 0.909. The van der Waals surface area contributed by atoms with Gasteiger partial charge in [0.05, 0.1) is 5.54 Å². The Morgan fingerprint density at radius 2 is 2.33 bits per heavy atom. The molecule has 4 N–H and O–H groups in total. The van der Waals surface area contributed by atoms with E-state index < -0.39 is 5.54 Å². The van der Waals surface area contributed by atoms with E-state index in [9.17, 15) is 4.79 Å². The zero-order valence-electron chi connectivity index (χ0n) is 9.66. The Kier molecular flexibility index (Phi) is 4.46. The molecular formula is C11H22N2OS. The predicted molar refractivity (Wildman–Crippen MR) is 65.7 cm³/mol. The molecule has 0 aliphatic heterocycles. The number of amides is 1. The average molecular weight is 230 g/mol. The molecule has 0 bridgehead atoms. The standard InChI is InChI=1S/C11H22N2OS/c1-3-8(2)7-15-9-4-5-11(13,6-9)10(12)14/h8-9H,3-7,13H2,1-2H3,(H2,12,14). The molecule has 1 aliphatic rings. The summed E-state index contributed by atoms with van der Waals surface area (Å²) in [6.45, 7) is 4.46. The number of hydrogen-bond acceptors (Lipinski definition) is 3. The van der Waals surface area contributed by atoms with Gasteiger partial charge in [-0.05, 0) is 30.9 Å². The van der Waals surface area contributed by atoms with Crippen LogP contribution in [0.1, 0.15) is 39.5 Å². The second-order valence-electron chi connectivity index (χ2n) is 4.73. The minimum Gasteiger partial charge on any atom is -0.368 e. The Bertz CT molecular complexity index is 235. The smallest absolute Gasteiger partial charge is 0.237 e. The molecule has 4 heteroatoms. The maximum absolute atomic E-state index is 11.2. The van der Waals surface area contributed by atoms with Gasteiger partial charge in [-0.15, -0.1) is 0 Å². The van der Waals surface area contributed by atoms with E-state index in [1.165, 1.54) is 6.42 Å². The van der Waals surface area contributed by atoms with Gasteiger partial charge >= 0.3 is 0 Å². The second-order valence-corrected chi connectivity index (χ2v) is 6.07. The molecule has 0 saturated heterocycles. The van der Waals surface area contributed by atoms with Gasteiger partial charge in [-0.3, -0.25) is 4.79 Å². The van der Waals surface area contributed by atoms with Crippen LogP contribution in [-0.2, 0) is 4.79 Å². The lowest BCUT2D eigenvalue weighted by Crippen LogP contribution is -2.50. The summed E-state index contributed by atoms with van der Waals surface area (Å²) >= 11 is 1.95. The molecule has 15 heavy (non-hydrogen) atoms. The summed E-state index contributed by atoms with van der Waals surface area (Å²) in [5, 5.41) is 0.525. The first kappa shape index (κ1) is 12.8. The first-order valence-electron chi connectivity index (χ1n) is 5.68. The van der Waals surface area contributed by atoms with E-state index in [2.05, 4.69) is 13.8 Å². The van der Waals surface area contributed by atoms with Crippen molar-refractivity contribution in [3.63, 3.8) is 0 Å². The first-order valence-corrected chi connectivity index (χ1v) is 6.73. The molecule has 0 spiro atoms. The summed E-state index contributed by atoms with van der Waals surface area (Å²) in [5.74, 6) is 1.57. The van der Waals surface area contributed by atoms with Crippen LogP contribution in [0.2, 0.25) is 0 Å². The van der Waals surface area contributed by atoms with Crippen LogP contribution in [-0.4, -0.2) is 22.4 Å². The topological polar surface area (TPSA) is 69.1 Å². The van der Waals surface area contributed by atoms with Crippen molar-refractivity contribution in [1.82, 2.24) is 0 Å². The summed E-state index contributed by atoms with van der Waals surface area (Å²) in [7, 11) is 0. The highest BCUT2D eigenvalue weighted by Crippen LogP contribution is 2.36. The third-order valence-corrected chi connectivity index (χ3v) is 4.94. The van der Waals surface area contributed by atoms with Crippen molar-refractivity contribution in [2.75, 3.05) is 5.75 Å². The molecule has 0 radical (unpaired) electrons. The van der Waals surface area contributed by atoms with Gasteiger partial charge in [0.1, 0.15) is 0 Å². The van der Waals surface area contributed by atoms with Gasteiger partial charge in [-0.1, -0.05) is 20.3 Å². The molecule has 1 aliphatic carbocycles. The van der Waals surface area contributed by atoms with Crippen molar-refractivity contribution in [2.45, 2.75) is 50.3 Å². The molecule has 3 nitrogen and oxygen atoms in total. The maximum atomic E-state index is 11.2. The van der Waals surface area contributed by atoms with E-state index >= 15 is 0 Å². The van der Waals surface area contributed by atoms with Crippen molar-refractivity contribution in [1.29, 1.82) is 0 Å². The van der Waals surface area contributed by atoms with Crippen molar-refractivity contribution in [3.8, 4) is 0 Å². The summed E-state index contributed by atoms with van der Waals surface area (Å²) in [6, 6.07) is 0. The van der Waals surface area contributed by atoms with Gasteiger partial charge in [0.15, 0.2) is 0 Å². The molecule has 1 rings (SSSR count). The lowest BCUT2D eigenvalue weighted by Gasteiger charge is -2.19. The van der Waals surface area contributed by atoms with Crippen LogP contribution < -0.4 is 11.5 Å². The third-order valence-electron chi connectivity index (χ3n) is 3.31. The van der Waals surface area contributed by atoms with E-state index in [1.54, 1.807) is 0 Å². The van der Waals surface area contributed by atoms with Gasteiger partial charge in [-0.2, -0.15) is 11.8 Å². The molecule has 3 unspecified atom stereocenters. The number of carbonyl (C=O) groups excluding carboxylic acids is 1. The molecule has 1 fully saturated rings. The second kappa shape index (κ2) is 5.21. The van der Waals surface area contributed by atoms with Gasteiger partial charge in [-0.25, -0.2) is 0 Å². The van der Waals surface area contributed by atoms with Gasteiger partial charge < -0.3 is 11.5 Å². The number of rotatable bonds is 5. The van der Waals surface area contributed by atoms with Crippen LogP contribution in [0.25, 0.3) is 0 Å². The SMILES string of the molecule is CCC(C)CSC1CCC(N)(C(N)=O)C1. The summed E-state index contributed by atoms with van der Waals surface area (Å²) in [4.78, 5) is 11.2. The van der Waals surface area contributed by atoms with Gasteiger partial charge in [0, 0.05) is 5.25 Å². The minimum atomic E-state index is -0.729. The van der Waals surface area contributed by atoms with Crippen molar-refractivity contribution >= 4 is 17.7 Å². The molecular weight excluding hydrogens is 208 g/mol. The van der Waals surface area contributed by atoms with Crippen LogP contribution in [0, 0.1) is 5.92 Å². The molecule has 0 aromatic carbocycles. The highest BCUT2D eigenvalue weighted by molar-refractivity contribution is 7.99. The molecule has 0 heterocycles. The van der Waals surface area contributed by atoms with Crippen LogP contribution in [0.3, 0.4) is 0 Å². The summed E-state index contributed by atoms with van der Waals surface area (Å²) < 4.78 is 0. The number of carbonyl (C=O) groups is 1. The van der Waals surface area contributed by atoms with Crippen molar-refractivity contribution < 1.29 is 4.79 Å². The van der Waals surface area contributed by atoms with E-state index in [1.807, 2.05) is 11.8 Å². The normalized spacial score (nSPS) is 32.9. The summed E-state index contributed by atoms with van der Waals surface area (Å²) in [6.07, 6.45) is 3.74. The number of nitrogens with two attached hydrogens (primary N) is 2. The number of thioether (sulfide) groups is 1. The number of primary amides is 1. The predicted octanol–water partition coefficient (Wildman–Crippen LogP) is 1.50. The lowest BCUT2D eigenvalue weighted by molar-refractivity contribution is -0.122. The van der Waals surface area contributed by atoms with Gasteiger partial charge in [0.2, 0.25) is 5.91 Å². The maximum Gasteiger partial charge on any atom is 0.237 e. The summed E-state index contributed by atoms with van der Waals surface area (Å²) in [5.41, 5.74) is 10.5. The molecule has 0 aromatic rings. The third kappa shape index (κ3) is 3.38. The molecule has 1 saturated carbocycles. The first-order chi connectivity index (χ1) is 6.98. The van der Waals surface area contributed by atoms with Crippen LogP contribution >= 0.6 is 11.8 Å². The van der Waals surface area contributed by atoms with E-state index in [-0.39, 0.29) is 5.91 Å². The highest BCUT2D eigenvalue weighted by atomic mass is 32.2. The Labute approximate surface area is 96.3 Å². The fourth-order valence-electron chi connectivity index (χ4n) is 1.81. The van der Waals surface area contributed by atoms with Gasteiger partial charge in [0.25, 0.3) is 0 Å². The Hall–Kier alpha value is -0.220. The van der Waals surface area contributed by atoms with Crippen LogP contribution in [0.15, 0.2) is 0 Å². The van der Waals surface area contributed by atoms with Crippen LogP contribution in [0.5, 0.6) is 0 Å². The Morgan fingerprint density at radius 3 is 2.80 bits per heavy atom. The molecule has 0 aromatic heterocycles. The largest absolute Gasteiger partial charge is 0.368 e. The lowest BCUT2D eigenvalue weighted by atomic mass is 9.99. The zero-order valence-corrected chi connectivity index (χ0v) is 10.5. The zero-order chi connectivity index (χ0) is 11.5. The Morgan fingerprint density at radius 1 is 1.67 bits per heavy atom.